The Morgan fingerprint density at radius 2 is 1.81 bits per heavy atom. The minimum atomic E-state index is -5.68. The first-order chi connectivity index (χ1) is 14.6. The maximum Gasteiger partial charge on any atom is 0.534 e. The van der Waals surface area contributed by atoms with E-state index in [9.17, 15) is 21.6 Å². The molecule has 0 aliphatic heterocycles. The fraction of sp³-hybridized carbons (Fsp3) is 0.400. The number of rotatable bonds is 7. The highest BCUT2D eigenvalue weighted by Crippen LogP contribution is 2.38. The lowest BCUT2D eigenvalue weighted by Gasteiger charge is -2.24. The van der Waals surface area contributed by atoms with E-state index >= 15 is 0 Å². The molecule has 7 nitrogen and oxygen atoms in total. The van der Waals surface area contributed by atoms with Gasteiger partial charge in [-0.1, -0.05) is 30.3 Å². The normalized spacial score (nSPS) is 17.1. The molecule has 0 N–H and O–H groups in total. The Bertz CT molecular complexity index is 1060. The molecule has 1 heterocycles. The summed E-state index contributed by atoms with van der Waals surface area (Å²) in [6.07, 6.45) is 2.43. The first kappa shape index (κ1) is 22.9. The molecule has 0 radical (unpaired) electrons. The summed E-state index contributed by atoms with van der Waals surface area (Å²) in [7, 11) is -2.78. The van der Waals surface area contributed by atoms with Crippen LogP contribution in [0.4, 0.5) is 13.2 Å². The number of nitrogens with zero attached hydrogens (tertiary/aromatic N) is 2. The second kappa shape index (κ2) is 9.13. The molecular formula is C20H21F3N2O5S. The van der Waals surface area contributed by atoms with E-state index < -0.39 is 15.6 Å². The molecule has 0 spiro atoms. The molecular weight excluding hydrogens is 437 g/mol. The maximum absolute atomic E-state index is 12.6. The van der Waals surface area contributed by atoms with Gasteiger partial charge in [-0.2, -0.15) is 31.6 Å². The van der Waals surface area contributed by atoms with Crippen LogP contribution in [-0.2, 0) is 20.7 Å². The first-order valence-corrected chi connectivity index (χ1v) is 10.8. The minimum Gasteiger partial charge on any atom is -0.481 e. The van der Waals surface area contributed by atoms with Crippen LogP contribution in [-0.4, -0.2) is 38.1 Å². The molecule has 1 aromatic heterocycles. The van der Waals surface area contributed by atoms with Crippen molar-refractivity contribution in [3.8, 4) is 11.9 Å². The number of halogens is 3. The average Bonchev–Trinajstić information content (AvgIpc) is 2.74. The van der Waals surface area contributed by atoms with Crippen LogP contribution in [0.1, 0.15) is 42.0 Å². The van der Waals surface area contributed by atoms with Crippen molar-refractivity contribution < 1.29 is 35.2 Å². The summed E-state index contributed by atoms with van der Waals surface area (Å²) in [5.41, 5.74) is -3.09. The molecule has 3 rings (SSSR count). The van der Waals surface area contributed by atoms with E-state index in [0.29, 0.717) is 24.4 Å². The molecule has 1 aliphatic rings. The molecule has 31 heavy (non-hydrogen) atoms. The Balaban J connectivity index is 1.91. The van der Waals surface area contributed by atoms with Crippen molar-refractivity contribution in [2.24, 2.45) is 0 Å². The molecule has 0 fully saturated rings. The maximum atomic E-state index is 12.6. The van der Waals surface area contributed by atoms with Gasteiger partial charge in [0.05, 0.1) is 19.9 Å². The Morgan fingerprint density at radius 1 is 1.10 bits per heavy atom. The van der Waals surface area contributed by atoms with E-state index in [2.05, 4.69) is 14.2 Å². The third-order valence-corrected chi connectivity index (χ3v) is 5.84. The van der Waals surface area contributed by atoms with E-state index in [1.54, 1.807) is 0 Å². The summed E-state index contributed by atoms with van der Waals surface area (Å²) >= 11 is 0. The van der Waals surface area contributed by atoms with E-state index in [0.717, 1.165) is 11.1 Å². The van der Waals surface area contributed by atoms with Gasteiger partial charge in [0, 0.05) is 24.3 Å². The van der Waals surface area contributed by atoms with Gasteiger partial charge in [0.2, 0.25) is 5.88 Å². The number of methoxy groups -OCH3 is 2. The summed E-state index contributed by atoms with van der Waals surface area (Å²) < 4.78 is 75.1. The topological polar surface area (TPSA) is 87.6 Å². The van der Waals surface area contributed by atoms with Gasteiger partial charge in [0.25, 0.3) is 0 Å². The molecule has 1 aliphatic carbocycles. The summed E-state index contributed by atoms with van der Waals surface area (Å²) in [4.78, 5) is 8.73. The zero-order valence-electron chi connectivity index (χ0n) is 16.8. The molecule has 0 saturated carbocycles. The zero-order chi connectivity index (χ0) is 22.6. The third kappa shape index (κ3) is 5.27. The summed E-state index contributed by atoms with van der Waals surface area (Å²) in [6.45, 7) is 0. The molecule has 0 saturated heterocycles. The van der Waals surface area contributed by atoms with Gasteiger partial charge in [0.15, 0.2) is 0 Å². The van der Waals surface area contributed by atoms with Crippen LogP contribution < -0.4 is 9.47 Å². The van der Waals surface area contributed by atoms with Gasteiger partial charge in [-0.3, -0.25) is 0 Å². The lowest BCUT2D eigenvalue weighted by molar-refractivity contribution is -0.0524. The highest BCUT2D eigenvalue weighted by Gasteiger charge is 2.49. The van der Waals surface area contributed by atoms with E-state index in [1.165, 1.54) is 20.3 Å². The number of aromatic nitrogens is 2. The Kier molecular flexibility index (Phi) is 6.73. The van der Waals surface area contributed by atoms with Crippen molar-refractivity contribution in [2.45, 2.75) is 37.1 Å². The van der Waals surface area contributed by atoms with Gasteiger partial charge in [-0.25, -0.2) is 0 Å². The van der Waals surface area contributed by atoms with Gasteiger partial charge in [-0.05, 0) is 24.5 Å². The summed E-state index contributed by atoms with van der Waals surface area (Å²) in [5, 5.41) is 0. The predicted molar refractivity (Wildman–Crippen MR) is 105 cm³/mol. The van der Waals surface area contributed by atoms with Crippen molar-refractivity contribution in [1.29, 1.82) is 0 Å². The van der Waals surface area contributed by atoms with Crippen molar-refractivity contribution in [1.82, 2.24) is 9.97 Å². The van der Waals surface area contributed by atoms with E-state index in [4.69, 9.17) is 9.47 Å². The number of benzene rings is 1. The van der Waals surface area contributed by atoms with Gasteiger partial charge in [-0.15, -0.1) is 0 Å². The van der Waals surface area contributed by atoms with Crippen molar-refractivity contribution >= 4 is 10.1 Å². The second-order valence-electron chi connectivity index (χ2n) is 6.87. The SMILES string of the molecule is COc1nc(OC)c(Cc2ccccc2)c(C2CC=C(OS(=O)(=O)C(F)(F)F)CC2)n1. The molecule has 1 unspecified atom stereocenters. The molecule has 168 valence electrons. The lowest BCUT2D eigenvalue weighted by Crippen LogP contribution is -2.26. The fourth-order valence-electron chi connectivity index (χ4n) is 3.35. The summed E-state index contributed by atoms with van der Waals surface area (Å²) in [6, 6.07) is 9.70. The van der Waals surface area contributed by atoms with Crippen LogP contribution in [0.15, 0.2) is 42.2 Å². The largest absolute Gasteiger partial charge is 0.534 e. The smallest absolute Gasteiger partial charge is 0.481 e. The standard InChI is InChI=1S/C20H21F3N2O5S/c1-28-18-16(12-13-6-4-3-5-7-13)17(24-19(25-18)29-2)14-8-10-15(11-9-14)30-31(26,27)20(21,22)23/h3-7,10,14H,8-9,11-12H2,1-2H3. The number of hydrogen-bond acceptors (Lipinski definition) is 7. The lowest BCUT2D eigenvalue weighted by atomic mass is 9.87. The Labute approximate surface area is 178 Å². The third-order valence-electron chi connectivity index (χ3n) is 4.84. The number of hydrogen-bond donors (Lipinski definition) is 0. The molecule has 2 aromatic rings. The van der Waals surface area contributed by atoms with Gasteiger partial charge in [0.1, 0.15) is 5.76 Å². The first-order valence-electron chi connectivity index (χ1n) is 9.37. The highest BCUT2D eigenvalue weighted by molar-refractivity contribution is 7.87. The Morgan fingerprint density at radius 3 is 2.35 bits per heavy atom. The van der Waals surface area contributed by atoms with Crippen LogP contribution in [0, 0.1) is 0 Å². The van der Waals surface area contributed by atoms with Crippen LogP contribution in [0.2, 0.25) is 0 Å². The molecule has 0 bridgehead atoms. The quantitative estimate of drug-likeness (QED) is 0.456. The van der Waals surface area contributed by atoms with Gasteiger partial charge < -0.3 is 13.7 Å². The van der Waals surface area contributed by atoms with Crippen LogP contribution >= 0.6 is 0 Å². The van der Waals surface area contributed by atoms with Crippen LogP contribution in [0.3, 0.4) is 0 Å². The molecule has 1 aromatic carbocycles. The minimum absolute atomic E-state index is 0.0133. The second-order valence-corrected chi connectivity index (χ2v) is 8.41. The fourth-order valence-corrected chi connectivity index (χ4v) is 3.87. The molecule has 1 atom stereocenters. The van der Waals surface area contributed by atoms with Gasteiger partial charge >= 0.3 is 21.6 Å². The van der Waals surface area contributed by atoms with Crippen molar-refractivity contribution in [2.75, 3.05) is 14.2 Å². The van der Waals surface area contributed by atoms with E-state index in [-0.39, 0.29) is 30.5 Å². The zero-order valence-corrected chi connectivity index (χ0v) is 17.7. The highest BCUT2D eigenvalue weighted by atomic mass is 32.2. The van der Waals surface area contributed by atoms with E-state index in [1.807, 2.05) is 30.3 Å². The number of ether oxygens (including phenoxy) is 2. The van der Waals surface area contributed by atoms with Crippen molar-refractivity contribution in [3.63, 3.8) is 0 Å². The Hall–Kier alpha value is -2.82. The number of allylic oxidation sites excluding steroid dienone is 2. The number of alkyl halides is 3. The average molecular weight is 458 g/mol. The van der Waals surface area contributed by atoms with Crippen molar-refractivity contribution in [3.05, 3.63) is 59.0 Å². The molecule has 0 amide bonds. The predicted octanol–water partition coefficient (Wildman–Crippen LogP) is 4.10. The van der Waals surface area contributed by atoms with Crippen LogP contribution in [0.25, 0.3) is 0 Å². The monoisotopic (exact) mass is 458 g/mol. The summed E-state index contributed by atoms with van der Waals surface area (Å²) in [5.74, 6) is -0.0898. The molecule has 11 heteroatoms. The van der Waals surface area contributed by atoms with Crippen LogP contribution in [0.5, 0.6) is 11.9 Å².